The van der Waals surface area contributed by atoms with Gasteiger partial charge < -0.3 is 4.90 Å². The number of aryl methyl sites for hydroxylation is 1. The van der Waals surface area contributed by atoms with Crippen molar-refractivity contribution >= 4 is 23.6 Å². The lowest BCUT2D eigenvalue weighted by atomic mass is 10.1. The van der Waals surface area contributed by atoms with Crippen LogP contribution in [0.3, 0.4) is 0 Å². The van der Waals surface area contributed by atoms with Crippen LogP contribution in [-0.4, -0.2) is 19.9 Å². The summed E-state index contributed by atoms with van der Waals surface area (Å²) in [5.41, 5.74) is 4.50. The van der Waals surface area contributed by atoms with Crippen molar-refractivity contribution in [3.8, 4) is 0 Å². The molecule has 0 N–H and O–H groups in total. The van der Waals surface area contributed by atoms with Crippen LogP contribution in [0.15, 0.2) is 60.7 Å². The van der Waals surface area contributed by atoms with E-state index in [9.17, 15) is 4.79 Å². The molecule has 0 spiro atoms. The zero-order chi connectivity index (χ0) is 16.7. The largest absolute Gasteiger partial charge is 0.378 e. The zero-order valence-corrected chi connectivity index (χ0v) is 14.0. The lowest BCUT2D eigenvalue weighted by molar-refractivity contribution is -0.110. The van der Waals surface area contributed by atoms with Crippen molar-refractivity contribution < 1.29 is 4.79 Å². The van der Waals surface area contributed by atoms with Crippen LogP contribution >= 0.6 is 0 Å². The molecular formula is C21H23NO. The van der Waals surface area contributed by atoms with Gasteiger partial charge in [0, 0.05) is 19.8 Å². The molecule has 0 atom stereocenters. The SMILES string of the molecule is CCc1ccc(C=CC(=O)C=Cc2ccc(N(C)C)cc2)cc1. The fourth-order valence-corrected chi connectivity index (χ4v) is 2.16. The maximum Gasteiger partial charge on any atom is 0.178 e. The van der Waals surface area contributed by atoms with Gasteiger partial charge >= 0.3 is 0 Å². The van der Waals surface area contributed by atoms with Gasteiger partial charge in [-0.1, -0.05) is 55.5 Å². The smallest absolute Gasteiger partial charge is 0.178 e. The summed E-state index contributed by atoms with van der Waals surface area (Å²) in [5.74, 6) is -0.0127. The first-order valence-corrected chi connectivity index (χ1v) is 7.85. The highest BCUT2D eigenvalue weighted by atomic mass is 16.1. The van der Waals surface area contributed by atoms with Crippen molar-refractivity contribution in [2.75, 3.05) is 19.0 Å². The van der Waals surface area contributed by atoms with Crippen LogP contribution in [0.25, 0.3) is 12.2 Å². The highest BCUT2D eigenvalue weighted by Crippen LogP contribution is 2.13. The van der Waals surface area contributed by atoms with E-state index < -0.39 is 0 Å². The lowest BCUT2D eigenvalue weighted by Crippen LogP contribution is -2.07. The van der Waals surface area contributed by atoms with Crippen molar-refractivity contribution in [1.29, 1.82) is 0 Å². The monoisotopic (exact) mass is 305 g/mol. The Morgan fingerprint density at radius 1 is 0.870 bits per heavy atom. The van der Waals surface area contributed by atoms with Gasteiger partial charge in [0.05, 0.1) is 0 Å². The van der Waals surface area contributed by atoms with Crippen molar-refractivity contribution in [2.45, 2.75) is 13.3 Å². The molecule has 0 aromatic heterocycles. The number of allylic oxidation sites excluding steroid dienone is 2. The third kappa shape index (κ3) is 5.26. The molecule has 0 amide bonds. The highest BCUT2D eigenvalue weighted by molar-refractivity contribution is 6.04. The predicted molar refractivity (Wildman–Crippen MR) is 99.7 cm³/mol. The van der Waals surface area contributed by atoms with Gasteiger partial charge in [-0.25, -0.2) is 0 Å². The number of ketones is 1. The minimum atomic E-state index is -0.0127. The van der Waals surface area contributed by atoms with Crippen LogP contribution in [0, 0.1) is 0 Å². The van der Waals surface area contributed by atoms with Gasteiger partial charge in [-0.2, -0.15) is 0 Å². The molecule has 0 heterocycles. The summed E-state index contributed by atoms with van der Waals surface area (Å²) >= 11 is 0. The first-order valence-electron chi connectivity index (χ1n) is 7.85. The topological polar surface area (TPSA) is 20.3 Å². The van der Waals surface area contributed by atoms with E-state index >= 15 is 0 Å². The summed E-state index contributed by atoms with van der Waals surface area (Å²) in [5, 5.41) is 0. The maximum absolute atomic E-state index is 11.9. The molecule has 0 aliphatic heterocycles. The maximum atomic E-state index is 11.9. The van der Waals surface area contributed by atoms with Gasteiger partial charge in [0.25, 0.3) is 0 Å². The fraction of sp³-hybridized carbons (Fsp3) is 0.190. The minimum absolute atomic E-state index is 0.0127. The Morgan fingerprint density at radius 2 is 1.35 bits per heavy atom. The van der Waals surface area contributed by atoms with Gasteiger partial charge in [-0.3, -0.25) is 4.79 Å². The third-order valence-electron chi connectivity index (χ3n) is 3.68. The van der Waals surface area contributed by atoms with Crippen LogP contribution in [-0.2, 0) is 11.2 Å². The van der Waals surface area contributed by atoms with Gasteiger partial charge in [0.1, 0.15) is 0 Å². The fourth-order valence-electron chi connectivity index (χ4n) is 2.16. The number of hydrogen-bond acceptors (Lipinski definition) is 2. The Labute approximate surface area is 138 Å². The number of hydrogen-bond donors (Lipinski definition) is 0. The Morgan fingerprint density at radius 3 is 1.78 bits per heavy atom. The lowest BCUT2D eigenvalue weighted by Gasteiger charge is -2.11. The summed E-state index contributed by atoms with van der Waals surface area (Å²) in [7, 11) is 4.01. The summed E-state index contributed by atoms with van der Waals surface area (Å²) in [6.07, 6.45) is 7.92. The summed E-state index contributed by atoms with van der Waals surface area (Å²) in [4.78, 5) is 14.0. The molecule has 23 heavy (non-hydrogen) atoms. The van der Waals surface area contributed by atoms with Gasteiger partial charge in [-0.15, -0.1) is 0 Å². The molecule has 0 saturated heterocycles. The minimum Gasteiger partial charge on any atom is -0.378 e. The van der Waals surface area contributed by atoms with E-state index in [1.54, 1.807) is 12.2 Å². The molecule has 0 radical (unpaired) electrons. The highest BCUT2D eigenvalue weighted by Gasteiger charge is 1.95. The van der Waals surface area contributed by atoms with E-state index in [0.717, 1.165) is 23.2 Å². The van der Waals surface area contributed by atoms with E-state index in [4.69, 9.17) is 0 Å². The molecule has 0 bridgehead atoms. The van der Waals surface area contributed by atoms with Crippen LogP contribution in [0.2, 0.25) is 0 Å². The van der Waals surface area contributed by atoms with E-state index in [0.29, 0.717) is 0 Å². The number of benzene rings is 2. The second-order valence-corrected chi connectivity index (χ2v) is 5.65. The summed E-state index contributed by atoms with van der Waals surface area (Å²) < 4.78 is 0. The molecule has 2 rings (SSSR count). The first kappa shape index (κ1) is 16.8. The Kier molecular flexibility index (Phi) is 5.93. The summed E-state index contributed by atoms with van der Waals surface area (Å²) in [6.45, 7) is 2.13. The number of carbonyl (C=O) groups excluding carboxylic acids is 1. The normalized spacial score (nSPS) is 11.3. The molecule has 0 aliphatic carbocycles. The number of anilines is 1. The Bertz CT molecular complexity index is 692. The van der Waals surface area contributed by atoms with Crippen LogP contribution < -0.4 is 4.90 Å². The first-order chi connectivity index (χ1) is 11.1. The van der Waals surface area contributed by atoms with Crippen LogP contribution in [0.1, 0.15) is 23.6 Å². The summed E-state index contributed by atoms with van der Waals surface area (Å²) in [6, 6.07) is 16.3. The Balaban J connectivity index is 1.96. The molecule has 0 saturated carbocycles. The average molecular weight is 305 g/mol. The molecule has 0 aliphatic rings. The van der Waals surface area contributed by atoms with Crippen LogP contribution in [0.4, 0.5) is 5.69 Å². The van der Waals surface area contributed by atoms with Crippen molar-refractivity contribution in [3.05, 3.63) is 77.4 Å². The van der Waals surface area contributed by atoms with Crippen LogP contribution in [0.5, 0.6) is 0 Å². The molecule has 0 fully saturated rings. The average Bonchev–Trinajstić information content (AvgIpc) is 2.59. The van der Waals surface area contributed by atoms with Gasteiger partial charge in [0.15, 0.2) is 5.78 Å². The predicted octanol–water partition coefficient (Wildman–Crippen LogP) is 4.61. The Hall–Kier alpha value is -2.61. The molecule has 2 aromatic carbocycles. The van der Waals surface area contributed by atoms with Crippen molar-refractivity contribution in [1.82, 2.24) is 0 Å². The number of carbonyl (C=O) groups is 1. The molecule has 2 nitrogen and oxygen atoms in total. The van der Waals surface area contributed by atoms with Crippen molar-refractivity contribution in [3.63, 3.8) is 0 Å². The van der Waals surface area contributed by atoms with Crippen molar-refractivity contribution in [2.24, 2.45) is 0 Å². The van der Waals surface area contributed by atoms with E-state index in [1.807, 2.05) is 67.5 Å². The zero-order valence-electron chi connectivity index (χ0n) is 14.0. The molecular weight excluding hydrogens is 282 g/mol. The van der Waals surface area contributed by atoms with E-state index in [2.05, 4.69) is 19.1 Å². The number of nitrogens with zero attached hydrogens (tertiary/aromatic N) is 1. The van der Waals surface area contributed by atoms with Gasteiger partial charge in [0.2, 0.25) is 0 Å². The van der Waals surface area contributed by atoms with Gasteiger partial charge in [-0.05, 0) is 47.4 Å². The molecule has 2 aromatic rings. The molecule has 0 unspecified atom stereocenters. The second kappa shape index (κ2) is 8.14. The molecule has 2 heteroatoms. The standard InChI is InChI=1S/C21H23NO/c1-4-17-5-7-18(8-6-17)11-15-21(23)16-12-19-9-13-20(14-10-19)22(2)3/h5-16H,4H2,1-3H3. The molecule has 118 valence electrons. The third-order valence-corrected chi connectivity index (χ3v) is 3.68. The quantitative estimate of drug-likeness (QED) is 0.726. The van der Waals surface area contributed by atoms with E-state index in [1.165, 1.54) is 5.56 Å². The van der Waals surface area contributed by atoms with E-state index in [-0.39, 0.29) is 5.78 Å². The second-order valence-electron chi connectivity index (χ2n) is 5.65. The number of rotatable bonds is 6.